The maximum atomic E-state index is 14.3. The molecule has 0 aromatic rings. The van der Waals surface area contributed by atoms with Crippen molar-refractivity contribution in [2.45, 2.75) is 377 Å². The number of aliphatic hydroxyl groups is 8. The van der Waals surface area contributed by atoms with E-state index in [0.717, 1.165) is 0 Å². The first kappa shape index (κ1) is 85.8. The smallest absolute Gasteiger partial charge is 0.311 e. The zero-order valence-corrected chi connectivity index (χ0v) is 65.1. The van der Waals surface area contributed by atoms with Gasteiger partial charge in [-0.3, -0.25) is 14.4 Å². The maximum Gasteiger partial charge on any atom is 0.311 e. The molecule has 0 aromatic heterocycles. The molecule has 8 heterocycles. The molecule has 0 radical (unpaired) electrons. The van der Waals surface area contributed by atoms with Crippen LogP contribution in [-0.2, 0) is 80.7 Å². The van der Waals surface area contributed by atoms with Gasteiger partial charge in [0.15, 0.2) is 25.2 Å². The first-order valence-electron chi connectivity index (χ1n) is 37.3. The monoisotopic (exact) mass is 1450 g/mol. The van der Waals surface area contributed by atoms with Gasteiger partial charge in [0.25, 0.3) is 0 Å². The minimum Gasteiger partial charge on any atom is -0.459 e. The van der Waals surface area contributed by atoms with Gasteiger partial charge >= 0.3 is 11.9 Å². The van der Waals surface area contributed by atoms with Gasteiger partial charge in [0.05, 0.1) is 114 Å². The van der Waals surface area contributed by atoms with Crippen LogP contribution >= 0.6 is 0 Å². The molecule has 8 saturated heterocycles. The van der Waals surface area contributed by atoms with Crippen LogP contribution in [0, 0.1) is 47.3 Å². The number of carbonyl (C=O) groups is 3. The van der Waals surface area contributed by atoms with Gasteiger partial charge < -0.3 is 117 Å². The minimum absolute atomic E-state index is 0.0575. The predicted octanol–water partition coefficient (Wildman–Crippen LogP) is 4.82. The molecule has 588 valence electrons. The number of fused-ring (bicyclic) bond motifs is 4. The van der Waals surface area contributed by atoms with E-state index in [2.05, 4.69) is 12.2 Å². The third-order valence-electron chi connectivity index (χ3n) is 24.8. The van der Waals surface area contributed by atoms with Crippen molar-refractivity contribution in [1.29, 1.82) is 0 Å². The van der Waals surface area contributed by atoms with E-state index < -0.39 is 210 Å². The summed E-state index contributed by atoms with van der Waals surface area (Å²) in [7, 11) is 6.48. The summed E-state index contributed by atoms with van der Waals surface area (Å²) in [5.41, 5.74) is -7.57. The Morgan fingerprint density at radius 1 is 0.584 bits per heavy atom. The van der Waals surface area contributed by atoms with Crippen molar-refractivity contribution < 1.29 is 122 Å². The number of carbonyl (C=O) groups excluding carboxylic acids is 3. The van der Waals surface area contributed by atoms with Gasteiger partial charge in [-0.2, -0.15) is 0 Å². The van der Waals surface area contributed by atoms with Gasteiger partial charge in [0.1, 0.15) is 47.8 Å². The van der Waals surface area contributed by atoms with Crippen molar-refractivity contribution >= 4 is 17.8 Å². The molecule has 0 aliphatic carbocycles. The number of likely N-dealkylation sites (N-methyl/N-ethyl adjacent to an activating group) is 2. The first-order chi connectivity index (χ1) is 46.8. The number of esters is 2. The average Bonchev–Trinajstić information content (AvgIpc) is 1.64. The molecule has 8 rings (SSSR count). The van der Waals surface area contributed by atoms with Crippen molar-refractivity contribution in [2.24, 2.45) is 47.3 Å². The molecule has 0 saturated carbocycles. The Kier molecular flexibility index (Phi) is 28.5. The van der Waals surface area contributed by atoms with Crippen molar-refractivity contribution in [1.82, 2.24) is 10.2 Å². The second-order valence-electron chi connectivity index (χ2n) is 33.0. The Hall–Kier alpha value is -2.43. The number of methoxy groups -OCH3 is 2. The Labute approximate surface area is 600 Å². The van der Waals surface area contributed by atoms with E-state index >= 15 is 0 Å². The van der Waals surface area contributed by atoms with Gasteiger partial charge in [0.2, 0.25) is 5.91 Å². The fraction of sp³-hybridized carbons (Fsp3) is 0.959. The van der Waals surface area contributed by atoms with E-state index in [0.29, 0.717) is 25.7 Å². The number of nitrogens with one attached hydrogen (secondary N) is 1. The summed E-state index contributed by atoms with van der Waals surface area (Å²) in [6.07, 6.45) is -16.0. The molecule has 8 fully saturated rings. The van der Waals surface area contributed by atoms with Crippen molar-refractivity contribution in [3.05, 3.63) is 0 Å². The summed E-state index contributed by atoms with van der Waals surface area (Å²) in [6.45, 7) is 37.7. The second kappa shape index (κ2) is 33.6. The summed E-state index contributed by atoms with van der Waals surface area (Å²) >= 11 is 0. The SMILES string of the molecule is CC[C@@H](O)[C@@](C)(O)[C@@H]1OC(=O)[C@H](C)[C@@H](O[C@H]2CC(C)(OC)[C@@H](O)C(C)O2)[C@H](C)[C@@H](O[C@@H]2OC(C)CC(N(C)C(C)=O)C2O)[C@]2(C)CC(C)C(O2)[C@@H]1C.CC[C@@H](O)[C@@](C)(O)[C@@H]1OC(=O)[C@H](C)[C@@H](O[C@H]2CC(C)(OC)[C@@H](O)C(C)O2)[C@H](C)[C@@H](O[C@@H]2OC(C)CC(NC)C2O)[C@]2(C)CC(C)C(O2)[C@@H]1C. The third kappa shape index (κ3) is 17.8. The van der Waals surface area contributed by atoms with Gasteiger partial charge in [0, 0.05) is 70.7 Å². The first-order valence-corrected chi connectivity index (χ1v) is 37.3. The van der Waals surface area contributed by atoms with Crippen LogP contribution in [-0.4, -0.2) is 273 Å². The lowest BCUT2D eigenvalue weighted by Crippen LogP contribution is -2.60. The highest BCUT2D eigenvalue weighted by Gasteiger charge is 2.62. The molecule has 9 N–H and O–H groups in total. The van der Waals surface area contributed by atoms with E-state index in [-0.39, 0.29) is 61.7 Å². The highest BCUT2D eigenvalue weighted by molar-refractivity contribution is 5.74. The quantitative estimate of drug-likeness (QED) is 0.0830. The number of hydrogen-bond acceptors (Lipinski definition) is 26. The second-order valence-corrected chi connectivity index (χ2v) is 33.0. The molecule has 0 spiro atoms. The molecule has 0 aromatic carbocycles. The molecule has 8 aliphatic rings. The fourth-order valence-corrected chi connectivity index (χ4v) is 18.3. The van der Waals surface area contributed by atoms with Crippen LogP contribution in [0.1, 0.15) is 197 Å². The Balaban J connectivity index is 0.000000284. The van der Waals surface area contributed by atoms with E-state index in [1.807, 2.05) is 62.3 Å². The van der Waals surface area contributed by atoms with Crippen molar-refractivity contribution in [2.75, 3.05) is 28.3 Å². The topological polar surface area (TPSA) is 358 Å². The lowest BCUT2D eigenvalue weighted by Gasteiger charge is -2.48. The van der Waals surface area contributed by atoms with Crippen LogP contribution in [0.3, 0.4) is 0 Å². The molecule has 38 atom stereocenters. The largest absolute Gasteiger partial charge is 0.459 e. The summed E-state index contributed by atoms with van der Waals surface area (Å²) < 4.78 is 89.8. The molecule has 14 unspecified atom stereocenters. The number of nitrogens with zero attached hydrogens (tertiary/aromatic N) is 1. The highest BCUT2D eigenvalue weighted by Crippen LogP contribution is 2.51. The molecule has 8 aliphatic heterocycles. The van der Waals surface area contributed by atoms with Crippen LogP contribution in [0.4, 0.5) is 0 Å². The van der Waals surface area contributed by atoms with Crippen LogP contribution < -0.4 is 5.32 Å². The highest BCUT2D eigenvalue weighted by atomic mass is 16.7. The molecule has 1 amide bonds. The molecule has 27 nitrogen and oxygen atoms in total. The van der Waals surface area contributed by atoms with Gasteiger partial charge in [-0.1, -0.05) is 55.4 Å². The summed E-state index contributed by atoms with van der Waals surface area (Å²) in [6, 6.07) is -0.836. The molecular weight excluding hydrogens is 1320 g/mol. The Bertz CT molecular complexity index is 2700. The number of cyclic esters (lactones) is 2. The van der Waals surface area contributed by atoms with Gasteiger partial charge in [-0.05, 0) is 140 Å². The minimum atomic E-state index is -1.82. The third-order valence-corrected chi connectivity index (χ3v) is 24.8. The lowest BCUT2D eigenvalue weighted by molar-refractivity contribution is -0.318. The summed E-state index contributed by atoms with van der Waals surface area (Å²) in [4.78, 5) is 42.5. The average molecular weight is 1450 g/mol. The van der Waals surface area contributed by atoms with Crippen LogP contribution in [0.15, 0.2) is 0 Å². The van der Waals surface area contributed by atoms with Crippen LogP contribution in [0.5, 0.6) is 0 Å². The number of amides is 1. The maximum absolute atomic E-state index is 14.3. The standard InChI is InChI=1S/C38H67NO13.C36H65NO12/c1-14-26(41)38(11,45)33-20(4)29-18(2)16-37(10,52-29)32(51-35-28(42)25(15-19(3)47-35)39(12)24(8)40)21(5)30(22(6)34(44)50-33)49-27-17-36(9,46-13)31(43)23(7)48-27;1-13-24(38)36(10,42)31-19(4)27-17(2)15-35(9,49-27)30(48-33-26(39)23(37-11)14-18(3)44-33)20(5)28(21(6)32(41)47-31)46-25-16-34(8,43-12)29(40)22(7)45-25/h18-23,25-33,35,41-43,45H,14-17H2,1-13H3;17-31,33,37-40,42H,13-16H2,1-12H3/t18?,19?,20-,21-,22+,23?,25?,26+,27-,28?,29?,30-,31-,32+,33+,35-,36?,37-,38+;17?,18?,19-,20-,21+,22?,23?,24+,25-,26?,27?,28-,29-,30+,31+,33-,34?,35-,36+/m00/s1. The molecule has 27 heteroatoms. The van der Waals surface area contributed by atoms with E-state index in [1.165, 1.54) is 39.9 Å². The van der Waals surface area contributed by atoms with Crippen molar-refractivity contribution in [3.8, 4) is 0 Å². The molecular formula is C74H132N2O25. The van der Waals surface area contributed by atoms with Gasteiger partial charge in [-0.25, -0.2) is 0 Å². The van der Waals surface area contributed by atoms with Gasteiger partial charge in [-0.15, -0.1) is 0 Å². The zero-order valence-electron chi connectivity index (χ0n) is 65.1. The van der Waals surface area contributed by atoms with Crippen LogP contribution in [0.2, 0.25) is 0 Å². The number of rotatable bonds is 18. The predicted molar refractivity (Wildman–Crippen MR) is 368 cm³/mol. The van der Waals surface area contributed by atoms with Crippen molar-refractivity contribution in [3.63, 3.8) is 0 Å². The number of hydrogen-bond donors (Lipinski definition) is 9. The molecule has 4 bridgehead atoms. The fourth-order valence-electron chi connectivity index (χ4n) is 18.3. The van der Waals surface area contributed by atoms with E-state index in [1.54, 1.807) is 69.5 Å². The van der Waals surface area contributed by atoms with Crippen LogP contribution in [0.25, 0.3) is 0 Å². The number of aliphatic hydroxyl groups excluding tert-OH is 6. The molecule has 101 heavy (non-hydrogen) atoms. The Morgan fingerprint density at radius 3 is 1.30 bits per heavy atom. The summed E-state index contributed by atoms with van der Waals surface area (Å²) in [5.74, 6) is -5.80. The summed E-state index contributed by atoms with van der Waals surface area (Å²) in [5, 5.41) is 93.5. The van der Waals surface area contributed by atoms with E-state index in [9.17, 15) is 55.2 Å². The number of ether oxygens (including phenoxy) is 14. The Morgan fingerprint density at radius 2 is 0.950 bits per heavy atom. The normalized spacial score (nSPS) is 49.0. The lowest BCUT2D eigenvalue weighted by atomic mass is 9.76. The zero-order chi connectivity index (χ0) is 76.0. The van der Waals surface area contributed by atoms with E-state index in [4.69, 9.17) is 66.3 Å².